The number of thioether (sulfide) groups is 1. The van der Waals surface area contributed by atoms with Gasteiger partial charge >= 0.3 is 0 Å². The van der Waals surface area contributed by atoms with E-state index < -0.39 is 0 Å². The lowest BCUT2D eigenvalue weighted by atomic mass is 10.5. The molecule has 0 aromatic carbocycles. The maximum atomic E-state index is 11.1. The van der Waals surface area contributed by atoms with Gasteiger partial charge in [-0.05, 0) is 0 Å². The van der Waals surface area contributed by atoms with Gasteiger partial charge in [0.1, 0.15) is 6.54 Å². The molecule has 2 N–H and O–H groups in total. The lowest BCUT2D eigenvalue weighted by molar-refractivity contribution is -0.132. The van der Waals surface area contributed by atoms with Gasteiger partial charge in [0.25, 0.3) is 0 Å². The number of hydrogen-bond acceptors (Lipinski definition) is 4. The van der Waals surface area contributed by atoms with Gasteiger partial charge in [-0.3, -0.25) is 9.59 Å². The number of rotatable bonds is 4. The van der Waals surface area contributed by atoms with Gasteiger partial charge < -0.3 is 15.3 Å². The summed E-state index contributed by atoms with van der Waals surface area (Å²) in [6.45, 7) is 0.272. The second-order valence-corrected chi connectivity index (χ2v) is 3.60. The van der Waals surface area contributed by atoms with E-state index in [1.54, 1.807) is 0 Å². The fraction of sp³-hybridized carbons (Fsp3) is 0.714. The van der Waals surface area contributed by atoms with Crippen molar-refractivity contribution in [1.29, 1.82) is 0 Å². The molecule has 0 saturated carbocycles. The van der Waals surface area contributed by atoms with Crippen LogP contribution in [0.25, 0.3) is 0 Å². The van der Waals surface area contributed by atoms with E-state index in [0.717, 1.165) is 0 Å². The predicted octanol–water partition coefficient (Wildman–Crippen LogP) is -1.37. The Kier molecular flexibility index (Phi) is 4.04. The number of aliphatic hydroxyl groups is 1. The van der Waals surface area contributed by atoms with Crippen molar-refractivity contribution in [2.24, 2.45) is 0 Å². The van der Waals surface area contributed by atoms with Crippen LogP contribution >= 0.6 is 11.8 Å². The third-order valence-corrected chi connectivity index (χ3v) is 2.54. The molecule has 0 unspecified atom stereocenters. The predicted molar refractivity (Wildman–Crippen MR) is 49.1 cm³/mol. The van der Waals surface area contributed by atoms with Gasteiger partial charge in [-0.15, -0.1) is 11.8 Å². The van der Waals surface area contributed by atoms with Crippen LogP contribution in [0, 0.1) is 0 Å². The molecule has 0 spiro atoms. The van der Waals surface area contributed by atoms with E-state index in [1.165, 1.54) is 16.7 Å². The lowest BCUT2D eigenvalue weighted by Crippen LogP contribution is -2.39. The van der Waals surface area contributed by atoms with Crippen molar-refractivity contribution in [3.63, 3.8) is 0 Å². The molecule has 2 amide bonds. The molecular weight excluding hydrogens is 192 g/mol. The standard InChI is InChI=1S/C7H12N2O3S/c10-2-1-8-6(11)3-9-5-13-4-7(9)12/h10H,1-5H2,(H,8,11). The fourth-order valence-electron chi connectivity index (χ4n) is 0.965. The molecule has 5 nitrogen and oxygen atoms in total. The summed E-state index contributed by atoms with van der Waals surface area (Å²) in [4.78, 5) is 23.6. The molecule has 1 rings (SSSR count). The van der Waals surface area contributed by atoms with Gasteiger partial charge in [0.2, 0.25) is 11.8 Å². The van der Waals surface area contributed by atoms with Crippen LogP contribution in [0.3, 0.4) is 0 Å². The zero-order valence-corrected chi connectivity index (χ0v) is 7.97. The number of nitrogens with one attached hydrogen (secondary N) is 1. The third-order valence-electron chi connectivity index (χ3n) is 1.59. The molecule has 74 valence electrons. The summed E-state index contributed by atoms with van der Waals surface area (Å²) < 4.78 is 0. The van der Waals surface area contributed by atoms with Crippen molar-refractivity contribution in [2.45, 2.75) is 0 Å². The molecule has 0 bridgehead atoms. The Morgan fingerprint density at radius 1 is 1.69 bits per heavy atom. The molecule has 1 saturated heterocycles. The van der Waals surface area contributed by atoms with Crippen molar-refractivity contribution < 1.29 is 14.7 Å². The Bertz CT molecular complexity index is 210. The van der Waals surface area contributed by atoms with Gasteiger partial charge in [0, 0.05) is 6.54 Å². The van der Waals surface area contributed by atoms with Gasteiger partial charge in [0.15, 0.2) is 0 Å². The van der Waals surface area contributed by atoms with Crippen molar-refractivity contribution in [1.82, 2.24) is 10.2 Å². The molecule has 6 heteroatoms. The number of carbonyl (C=O) groups is 2. The van der Waals surface area contributed by atoms with E-state index in [0.29, 0.717) is 11.6 Å². The highest BCUT2D eigenvalue weighted by Crippen LogP contribution is 2.13. The van der Waals surface area contributed by atoms with E-state index in [9.17, 15) is 9.59 Å². The first-order chi connectivity index (χ1) is 6.24. The van der Waals surface area contributed by atoms with Gasteiger partial charge in [-0.1, -0.05) is 0 Å². The average molecular weight is 204 g/mol. The van der Waals surface area contributed by atoms with Crippen molar-refractivity contribution in [3.8, 4) is 0 Å². The monoisotopic (exact) mass is 204 g/mol. The fourth-order valence-corrected chi connectivity index (χ4v) is 1.87. The highest BCUT2D eigenvalue weighted by Gasteiger charge is 2.22. The van der Waals surface area contributed by atoms with Gasteiger partial charge in [-0.2, -0.15) is 0 Å². The number of aliphatic hydroxyl groups excluding tert-OH is 1. The SMILES string of the molecule is O=C(CN1CSCC1=O)NCCO. The number of hydrogen-bond donors (Lipinski definition) is 2. The molecule has 0 aromatic rings. The van der Waals surface area contributed by atoms with Crippen LogP contribution < -0.4 is 5.32 Å². The van der Waals surface area contributed by atoms with Crippen LogP contribution in [-0.2, 0) is 9.59 Å². The second-order valence-electron chi connectivity index (χ2n) is 2.64. The van der Waals surface area contributed by atoms with Crippen molar-refractivity contribution in [3.05, 3.63) is 0 Å². The second kappa shape index (κ2) is 5.08. The van der Waals surface area contributed by atoms with Crippen LogP contribution in [0.2, 0.25) is 0 Å². The molecule has 1 aliphatic rings. The Labute approximate surface area is 80.5 Å². The smallest absolute Gasteiger partial charge is 0.239 e. The first kappa shape index (κ1) is 10.3. The van der Waals surface area contributed by atoms with E-state index in [2.05, 4.69) is 5.32 Å². The Hall–Kier alpha value is -0.750. The Balaban J connectivity index is 2.23. The first-order valence-electron chi connectivity index (χ1n) is 3.97. The topological polar surface area (TPSA) is 69.6 Å². The van der Waals surface area contributed by atoms with Crippen LogP contribution in [0.4, 0.5) is 0 Å². The highest BCUT2D eigenvalue weighted by atomic mass is 32.2. The van der Waals surface area contributed by atoms with E-state index >= 15 is 0 Å². The Morgan fingerprint density at radius 3 is 3.00 bits per heavy atom. The maximum Gasteiger partial charge on any atom is 0.239 e. The van der Waals surface area contributed by atoms with Gasteiger partial charge in [-0.25, -0.2) is 0 Å². The maximum absolute atomic E-state index is 11.1. The summed E-state index contributed by atoms with van der Waals surface area (Å²) in [5.74, 6) is 0.840. The summed E-state index contributed by atoms with van der Waals surface area (Å²) in [5.41, 5.74) is 0. The highest BCUT2D eigenvalue weighted by molar-refractivity contribution is 8.00. The lowest BCUT2D eigenvalue weighted by Gasteiger charge is -2.13. The van der Waals surface area contributed by atoms with Crippen LogP contribution in [0.5, 0.6) is 0 Å². The largest absolute Gasteiger partial charge is 0.395 e. The number of nitrogens with zero attached hydrogens (tertiary/aromatic N) is 1. The van der Waals surface area contributed by atoms with Crippen LogP contribution in [0.15, 0.2) is 0 Å². The molecule has 13 heavy (non-hydrogen) atoms. The minimum atomic E-state index is -0.218. The summed E-state index contributed by atoms with van der Waals surface area (Å²) in [5, 5.41) is 10.9. The van der Waals surface area contributed by atoms with Crippen LogP contribution in [-0.4, -0.2) is 53.1 Å². The zero-order valence-electron chi connectivity index (χ0n) is 7.15. The van der Waals surface area contributed by atoms with Gasteiger partial charge in [0.05, 0.1) is 18.2 Å². The molecule has 1 aliphatic heterocycles. The average Bonchev–Trinajstić information content (AvgIpc) is 2.48. The molecule has 0 atom stereocenters. The number of carbonyl (C=O) groups excluding carboxylic acids is 2. The molecule has 1 heterocycles. The molecule has 1 fully saturated rings. The third kappa shape index (κ3) is 3.23. The normalized spacial score (nSPS) is 16.4. The summed E-state index contributed by atoms with van der Waals surface area (Å²) >= 11 is 1.50. The summed E-state index contributed by atoms with van der Waals surface area (Å²) in [6, 6.07) is 0. The quantitative estimate of drug-likeness (QED) is 0.592. The van der Waals surface area contributed by atoms with E-state index in [4.69, 9.17) is 5.11 Å². The minimum absolute atomic E-state index is 0.00384. The summed E-state index contributed by atoms with van der Waals surface area (Å²) in [6.07, 6.45) is 0. The molecule has 0 aromatic heterocycles. The van der Waals surface area contributed by atoms with Crippen LogP contribution in [0.1, 0.15) is 0 Å². The first-order valence-corrected chi connectivity index (χ1v) is 5.12. The zero-order chi connectivity index (χ0) is 9.68. The van der Waals surface area contributed by atoms with E-state index in [1.807, 2.05) is 0 Å². The molecule has 0 radical (unpaired) electrons. The van der Waals surface area contributed by atoms with Crippen molar-refractivity contribution >= 4 is 23.6 Å². The molecule has 0 aliphatic carbocycles. The molecular formula is C7H12N2O3S. The number of amides is 2. The van der Waals surface area contributed by atoms with Crippen molar-refractivity contribution in [2.75, 3.05) is 31.3 Å². The minimum Gasteiger partial charge on any atom is -0.395 e. The Morgan fingerprint density at radius 2 is 2.46 bits per heavy atom. The van der Waals surface area contributed by atoms with E-state index in [-0.39, 0.29) is 31.5 Å². The summed E-state index contributed by atoms with van der Waals surface area (Å²) in [7, 11) is 0.